The van der Waals surface area contributed by atoms with E-state index in [0.29, 0.717) is 0 Å². The van der Waals surface area contributed by atoms with E-state index in [2.05, 4.69) is 6.07 Å². The molecule has 0 aliphatic heterocycles. The van der Waals surface area contributed by atoms with Crippen LogP contribution in [0.3, 0.4) is 0 Å². The lowest BCUT2D eigenvalue weighted by Gasteiger charge is -2.06. The molecule has 1 aromatic rings. The minimum atomic E-state index is 0.824. The van der Waals surface area contributed by atoms with Crippen molar-refractivity contribution in [2.24, 2.45) is 5.92 Å². The van der Waals surface area contributed by atoms with E-state index in [4.69, 9.17) is 4.74 Å². The van der Waals surface area contributed by atoms with Gasteiger partial charge < -0.3 is 4.74 Å². The molecule has 63 valence electrons. The van der Waals surface area contributed by atoms with Gasteiger partial charge in [0.25, 0.3) is 0 Å². The molecular weight excluding hydrogens is 148 g/mol. The van der Waals surface area contributed by atoms with Crippen molar-refractivity contribution >= 4 is 0 Å². The van der Waals surface area contributed by atoms with Gasteiger partial charge in [-0.3, -0.25) is 0 Å². The summed E-state index contributed by atoms with van der Waals surface area (Å²) in [5.41, 5.74) is 1.11. The van der Waals surface area contributed by atoms with E-state index in [0.717, 1.165) is 23.8 Å². The minimum absolute atomic E-state index is 0.824. The van der Waals surface area contributed by atoms with Crippen LogP contribution in [0, 0.1) is 18.9 Å². The maximum atomic E-state index is 5.63. The fraction of sp³-hybridized carbons (Fsp3) is 0.455. The molecule has 1 saturated carbocycles. The van der Waals surface area contributed by atoms with Crippen molar-refractivity contribution in [2.45, 2.75) is 19.8 Å². The van der Waals surface area contributed by atoms with Crippen LogP contribution in [-0.4, -0.2) is 6.61 Å². The summed E-state index contributed by atoms with van der Waals surface area (Å²) in [6, 6.07) is 9.01. The van der Waals surface area contributed by atoms with Crippen molar-refractivity contribution in [3.63, 3.8) is 0 Å². The Morgan fingerprint density at radius 3 is 3.08 bits per heavy atom. The summed E-state index contributed by atoms with van der Waals surface area (Å²) in [4.78, 5) is 0. The van der Waals surface area contributed by atoms with Crippen LogP contribution >= 0.6 is 0 Å². The first-order valence-electron chi connectivity index (χ1n) is 4.46. The molecule has 0 saturated heterocycles. The molecule has 0 spiro atoms. The molecular formula is C11H13O. The fourth-order valence-corrected chi connectivity index (χ4v) is 1.15. The molecule has 0 aromatic heterocycles. The van der Waals surface area contributed by atoms with Crippen molar-refractivity contribution in [1.29, 1.82) is 0 Å². The molecule has 1 radical (unpaired) electrons. The van der Waals surface area contributed by atoms with Gasteiger partial charge in [0.15, 0.2) is 0 Å². The van der Waals surface area contributed by atoms with Gasteiger partial charge in [0.2, 0.25) is 0 Å². The zero-order valence-electron chi connectivity index (χ0n) is 7.34. The average molecular weight is 161 g/mol. The molecule has 0 unspecified atom stereocenters. The van der Waals surface area contributed by atoms with Gasteiger partial charge in [0, 0.05) is 0 Å². The number of ether oxygens (including phenoxy) is 1. The highest BCUT2D eigenvalue weighted by Gasteiger charge is 2.21. The predicted octanol–water partition coefficient (Wildman–Crippen LogP) is 2.58. The fourth-order valence-electron chi connectivity index (χ4n) is 1.15. The van der Waals surface area contributed by atoms with E-state index in [1.165, 1.54) is 12.8 Å². The highest BCUT2D eigenvalue weighted by Crippen LogP contribution is 2.30. The van der Waals surface area contributed by atoms with E-state index < -0.39 is 0 Å². The van der Waals surface area contributed by atoms with E-state index in [-0.39, 0.29) is 0 Å². The molecule has 0 amide bonds. The van der Waals surface area contributed by atoms with Gasteiger partial charge >= 0.3 is 0 Å². The third kappa shape index (κ3) is 1.79. The maximum absolute atomic E-state index is 5.63. The Kier molecular flexibility index (Phi) is 2.03. The Labute approximate surface area is 73.4 Å². The summed E-state index contributed by atoms with van der Waals surface area (Å²) in [6.07, 6.45) is 2.69. The van der Waals surface area contributed by atoms with Crippen LogP contribution in [0.15, 0.2) is 18.2 Å². The van der Waals surface area contributed by atoms with Crippen molar-refractivity contribution in [1.82, 2.24) is 0 Å². The highest BCUT2D eigenvalue weighted by molar-refractivity contribution is 5.30. The Morgan fingerprint density at radius 2 is 2.42 bits per heavy atom. The van der Waals surface area contributed by atoms with E-state index in [9.17, 15) is 0 Å². The molecule has 12 heavy (non-hydrogen) atoms. The van der Waals surface area contributed by atoms with E-state index >= 15 is 0 Å². The van der Waals surface area contributed by atoms with Gasteiger partial charge in [-0.2, -0.15) is 0 Å². The number of hydrogen-bond donors (Lipinski definition) is 0. The van der Waals surface area contributed by atoms with Crippen LogP contribution in [0.1, 0.15) is 18.4 Å². The normalized spacial score (nSPS) is 16.1. The van der Waals surface area contributed by atoms with Gasteiger partial charge in [0.1, 0.15) is 5.75 Å². The monoisotopic (exact) mass is 161 g/mol. The van der Waals surface area contributed by atoms with Gasteiger partial charge in [0.05, 0.1) is 6.61 Å². The van der Waals surface area contributed by atoms with Crippen molar-refractivity contribution < 1.29 is 4.74 Å². The quantitative estimate of drug-likeness (QED) is 0.662. The molecule has 0 atom stereocenters. The summed E-state index contributed by atoms with van der Waals surface area (Å²) in [5.74, 6) is 1.81. The van der Waals surface area contributed by atoms with Crippen molar-refractivity contribution in [3.8, 4) is 5.75 Å². The summed E-state index contributed by atoms with van der Waals surface area (Å²) in [6.45, 7) is 2.92. The largest absolute Gasteiger partial charge is 0.493 e. The Balaban J connectivity index is 1.96. The minimum Gasteiger partial charge on any atom is -0.493 e. The zero-order chi connectivity index (χ0) is 8.39. The van der Waals surface area contributed by atoms with Gasteiger partial charge in [-0.25, -0.2) is 0 Å². The molecule has 0 heterocycles. The Morgan fingerprint density at radius 1 is 1.58 bits per heavy atom. The second kappa shape index (κ2) is 3.18. The molecule has 0 N–H and O–H groups in total. The molecule has 1 aliphatic carbocycles. The third-order valence-electron chi connectivity index (χ3n) is 2.18. The third-order valence-corrected chi connectivity index (χ3v) is 2.18. The Bertz CT molecular complexity index is 263. The SMILES string of the molecule is Cc1[c]cccc1OCC1CC1. The molecule has 1 fully saturated rings. The topological polar surface area (TPSA) is 9.23 Å². The number of hydrogen-bond acceptors (Lipinski definition) is 1. The number of benzene rings is 1. The van der Waals surface area contributed by atoms with Crippen LogP contribution in [0.2, 0.25) is 0 Å². The lowest BCUT2D eigenvalue weighted by atomic mass is 10.2. The van der Waals surface area contributed by atoms with Crippen LogP contribution in [0.25, 0.3) is 0 Å². The molecule has 1 aliphatic rings. The molecule has 1 heteroatoms. The summed E-state index contributed by atoms with van der Waals surface area (Å²) < 4.78 is 5.63. The molecule has 1 aromatic carbocycles. The van der Waals surface area contributed by atoms with Crippen LogP contribution < -0.4 is 4.74 Å². The Hall–Kier alpha value is -0.980. The van der Waals surface area contributed by atoms with Gasteiger partial charge in [-0.05, 0) is 43.4 Å². The predicted molar refractivity (Wildman–Crippen MR) is 48.2 cm³/mol. The van der Waals surface area contributed by atoms with Crippen LogP contribution in [-0.2, 0) is 0 Å². The van der Waals surface area contributed by atoms with Crippen LogP contribution in [0.4, 0.5) is 0 Å². The summed E-state index contributed by atoms with van der Waals surface area (Å²) >= 11 is 0. The van der Waals surface area contributed by atoms with Gasteiger partial charge in [-0.1, -0.05) is 12.1 Å². The number of rotatable bonds is 3. The number of aryl methyl sites for hydroxylation is 1. The maximum Gasteiger partial charge on any atom is 0.122 e. The summed E-state index contributed by atoms with van der Waals surface area (Å²) in [7, 11) is 0. The molecule has 0 bridgehead atoms. The van der Waals surface area contributed by atoms with Crippen LogP contribution in [0.5, 0.6) is 5.75 Å². The first-order valence-corrected chi connectivity index (χ1v) is 4.46. The smallest absolute Gasteiger partial charge is 0.122 e. The summed E-state index contributed by atoms with van der Waals surface area (Å²) in [5, 5.41) is 0. The first-order chi connectivity index (χ1) is 5.86. The first kappa shape index (κ1) is 7.66. The van der Waals surface area contributed by atoms with E-state index in [1.54, 1.807) is 0 Å². The lowest BCUT2D eigenvalue weighted by Crippen LogP contribution is -1.99. The van der Waals surface area contributed by atoms with Gasteiger partial charge in [-0.15, -0.1) is 0 Å². The molecule has 1 nitrogen and oxygen atoms in total. The second-order valence-electron chi connectivity index (χ2n) is 3.41. The van der Waals surface area contributed by atoms with Crippen molar-refractivity contribution in [3.05, 3.63) is 29.8 Å². The zero-order valence-corrected chi connectivity index (χ0v) is 7.34. The average Bonchev–Trinajstić information content (AvgIpc) is 2.86. The van der Waals surface area contributed by atoms with E-state index in [1.807, 2.05) is 25.1 Å². The molecule has 2 rings (SSSR count). The lowest BCUT2D eigenvalue weighted by molar-refractivity contribution is 0.298. The highest BCUT2D eigenvalue weighted by atomic mass is 16.5. The standard InChI is InChI=1S/C11H13O/c1-9-4-2-3-5-11(9)12-8-10-6-7-10/h2-3,5,10H,6-8H2,1H3. The second-order valence-corrected chi connectivity index (χ2v) is 3.41. The van der Waals surface area contributed by atoms with Crippen molar-refractivity contribution in [2.75, 3.05) is 6.61 Å².